The molecule has 1 aliphatic rings. The van der Waals surface area contributed by atoms with E-state index < -0.39 is 5.92 Å². The van der Waals surface area contributed by atoms with Crippen LogP contribution in [0.3, 0.4) is 0 Å². The van der Waals surface area contributed by atoms with Gasteiger partial charge in [0.15, 0.2) is 17.3 Å². The fraction of sp³-hybridized carbons (Fsp3) is 0.316. The maximum atomic E-state index is 12.7. The minimum absolute atomic E-state index is 0.0750. The summed E-state index contributed by atoms with van der Waals surface area (Å²) in [5, 5.41) is 11.0. The van der Waals surface area contributed by atoms with E-state index in [-0.39, 0.29) is 5.78 Å². The van der Waals surface area contributed by atoms with Crippen molar-refractivity contribution in [2.45, 2.75) is 19.8 Å². The second-order valence-electron chi connectivity index (χ2n) is 6.26. The average molecular weight is 389 g/mol. The molecular formula is C19H20N2O3S2. The van der Waals surface area contributed by atoms with Gasteiger partial charge in [-0.05, 0) is 29.7 Å². The normalized spacial score (nSPS) is 18.8. The number of benzene rings is 1. The molecule has 0 unspecified atom stereocenters. The lowest BCUT2D eigenvalue weighted by molar-refractivity contribution is -0.114. The largest absolute Gasteiger partial charge is 0.493 e. The third-order valence-electron chi connectivity index (χ3n) is 3.74. The molecule has 0 bridgehead atoms. The summed E-state index contributed by atoms with van der Waals surface area (Å²) in [6.45, 7) is 4.78. The summed E-state index contributed by atoms with van der Waals surface area (Å²) in [7, 11) is 1.60. The van der Waals surface area contributed by atoms with Crippen molar-refractivity contribution >= 4 is 40.0 Å². The van der Waals surface area contributed by atoms with E-state index >= 15 is 0 Å². The van der Waals surface area contributed by atoms with E-state index in [1.807, 2.05) is 23.6 Å². The molecule has 0 amide bonds. The van der Waals surface area contributed by atoms with Crippen LogP contribution < -0.4 is 9.47 Å². The van der Waals surface area contributed by atoms with Gasteiger partial charge in [0.25, 0.3) is 0 Å². The van der Waals surface area contributed by atoms with Crippen LogP contribution in [0.4, 0.5) is 0 Å². The van der Waals surface area contributed by atoms with Crippen LogP contribution >= 0.6 is 23.1 Å². The van der Waals surface area contributed by atoms with Gasteiger partial charge in [-0.2, -0.15) is 0 Å². The molecule has 1 aliphatic heterocycles. The molecule has 0 saturated carbocycles. The zero-order valence-electron chi connectivity index (χ0n) is 14.8. The Hall–Kier alpha value is -2.12. The predicted molar refractivity (Wildman–Crippen MR) is 106 cm³/mol. The first-order chi connectivity index (χ1) is 12.5. The van der Waals surface area contributed by atoms with Crippen molar-refractivity contribution in [2.24, 2.45) is 5.92 Å². The highest BCUT2D eigenvalue weighted by Crippen LogP contribution is 2.41. The first-order valence-corrected chi connectivity index (χ1v) is 9.91. The number of nitrogens with one attached hydrogen (secondary N) is 1. The predicted octanol–water partition coefficient (Wildman–Crippen LogP) is 4.60. The first kappa shape index (κ1) is 18.7. The summed E-state index contributed by atoms with van der Waals surface area (Å²) in [6, 6.07) is 5.58. The van der Waals surface area contributed by atoms with Gasteiger partial charge in [0.05, 0.1) is 23.7 Å². The Morgan fingerprint density at radius 1 is 1.35 bits per heavy atom. The molecule has 0 aliphatic carbocycles. The van der Waals surface area contributed by atoms with E-state index in [0.29, 0.717) is 39.0 Å². The fourth-order valence-electron chi connectivity index (χ4n) is 2.49. The molecule has 7 heteroatoms. The van der Waals surface area contributed by atoms with Gasteiger partial charge >= 0.3 is 0 Å². The molecule has 1 aromatic carbocycles. The Balaban J connectivity index is 1.83. The standard InChI is InChI=1S/C19H20N2O3S2/c1-11(2)10-24-13-5-4-12(8-14(13)23-3)9-15-17(22)16(18(20)26-15)19-21-6-7-25-19/h4-9,11,16,20H,10H2,1-3H3/b15-9-,20-18?/t16-/m1/s1. The summed E-state index contributed by atoms with van der Waals surface area (Å²) in [4.78, 5) is 17.4. The highest BCUT2D eigenvalue weighted by Gasteiger charge is 2.38. The van der Waals surface area contributed by atoms with Crippen molar-refractivity contribution in [3.8, 4) is 11.5 Å². The van der Waals surface area contributed by atoms with Gasteiger partial charge < -0.3 is 9.47 Å². The minimum atomic E-state index is -0.568. The lowest BCUT2D eigenvalue weighted by Gasteiger charge is -2.13. The maximum Gasteiger partial charge on any atom is 0.186 e. The van der Waals surface area contributed by atoms with Gasteiger partial charge in [-0.15, -0.1) is 11.3 Å². The summed E-state index contributed by atoms with van der Waals surface area (Å²) < 4.78 is 11.2. The Labute approximate surface area is 160 Å². The van der Waals surface area contributed by atoms with Gasteiger partial charge in [0.2, 0.25) is 0 Å². The number of nitrogens with zero attached hydrogens (tertiary/aromatic N) is 1. The molecule has 2 heterocycles. The molecule has 136 valence electrons. The number of ketones is 1. The zero-order chi connectivity index (χ0) is 18.7. The summed E-state index contributed by atoms with van der Waals surface area (Å²) in [5.74, 6) is 1.09. The molecule has 3 rings (SSSR count). The Morgan fingerprint density at radius 2 is 2.15 bits per heavy atom. The average Bonchev–Trinajstić information content (AvgIpc) is 3.22. The Morgan fingerprint density at radius 3 is 2.81 bits per heavy atom. The lowest BCUT2D eigenvalue weighted by atomic mass is 10.0. The second kappa shape index (κ2) is 8.05. The molecular weight excluding hydrogens is 368 g/mol. The topological polar surface area (TPSA) is 72.3 Å². The molecule has 1 fully saturated rings. The summed E-state index contributed by atoms with van der Waals surface area (Å²) >= 11 is 2.60. The molecule has 1 atom stereocenters. The molecule has 0 radical (unpaired) electrons. The number of thiazole rings is 1. The van der Waals surface area contributed by atoms with E-state index in [1.54, 1.807) is 19.4 Å². The van der Waals surface area contributed by atoms with Crippen LogP contribution in [0.1, 0.15) is 30.3 Å². The number of carbonyl (C=O) groups excluding carboxylic acids is 1. The monoisotopic (exact) mass is 388 g/mol. The first-order valence-electron chi connectivity index (χ1n) is 8.22. The van der Waals surface area contributed by atoms with Crippen LogP contribution in [0, 0.1) is 11.3 Å². The van der Waals surface area contributed by atoms with E-state index in [9.17, 15) is 4.79 Å². The van der Waals surface area contributed by atoms with Gasteiger partial charge in [-0.25, -0.2) is 4.98 Å². The molecule has 1 N–H and O–H groups in total. The van der Waals surface area contributed by atoms with Crippen molar-refractivity contribution in [1.82, 2.24) is 4.98 Å². The van der Waals surface area contributed by atoms with E-state index in [4.69, 9.17) is 14.9 Å². The number of hydrogen-bond acceptors (Lipinski definition) is 7. The molecule has 5 nitrogen and oxygen atoms in total. The van der Waals surface area contributed by atoms with Crippen molar-refractivity contribution in [3.63, 3.8) is 0 Å². The van der Waals surface area contributed by atoms with E-state index in [2.05, 4.69) is 18.8 Å². The number of rotatable bonds is 6. The van der Waals surface area contributed by atoms with Gasteiger partial charge in [0.1, 0.15) is 10.9 Å². The number of ether oxygens (including phenoxy) is 2. The number of allylic oxidation sites excluding steroid dienone is 1. The number of methoxy groups -OCH3 is 1. The van der Waals surface area contributed by atoms with Crippen LogP contribution in [-0.4, -0.2) is 29.5 Å². The third-order valence-corrected chi connectivity index (χ3v) is 5.58. The molecule has 26 heavy (non-hydrogen) atoms. The second-order valence-corrected chi connectivity index (χ2v) is 8.27. The highest BCUT2D eigenvalue weighted by atomic mass is 32.2. The summed E-state index contributed by atoms with van der Waals surface area (Å²) in [5.41, 5.74) is 0.835. The zero-order valence-corrected chi connectivity index (χ0v) is 16.4. The van der Waals surface area contributed by atoms with E-state index in [0.717, 1.165) is 5.56 Å². The SMILES string of the molecule is COc1cc(/C=C2\SC(=N)[C@H](c3nccs3)C2=O)ccc1OCC(C)C. The smallest absolute Gasteiger partial charge is 0.186 e. The number of hydrogen-bond donors (Lipinski definition) is 1. The van der Waals surface area contributed by atoms with Crippen LogP contribution in [0.2, 0.25) is 0 Å². The lowest BCUT2D eigenvalue weighted by Crippen LogP contribution is -2.11. The third kappa shape index (κ3) is 3.99. The number of carbonyl (C=O) groups is 1. The van der Waals surface area contributed by atoms with Crippen molar-refractivity contribution in [2.75, 3.05) is 13.7 Å². The number of aromatic nitrogens is 1. The van der Waals surface area contributed by atoms with Crippen LogP contribution in [-0.2, 0) is 4.79 Å². The Kier molecular flexibility index (Phi) is 5.78. The number of Topliss-reactive ketones (excluding diaryl/α,β-unsaturated/α-hetero) is 1. The highest BCUT2D eigenvalue weighted by molar-refractivity contribution is 8.19. The summed E-state index contributed by atoms with van der Waals surface area (Å²) in [6.07, 6.45) is 3.46. The van der Waals surface area contributed by atoms with Crippen LogP contribution in [0.25, 0.3) is 6.08 Å². The molecule has 0 spiro atoms. The molecule has 1 saturated heterocycles. The fourth-order valence-corrected chi connectivity index (χ4v) is 4.30. The minimum Gasteiger partial charge on any atom is -0.493 e. The van der Waals surface area contributed by atoms with Gasteiger partial charge in [0, 0.05) is 11.6 Å². The maximum absolute atomic E-state index is 12.7. The quantitative estimate of drug-likeness (QED) is 0.732. The van der Waals surface area contributed by atoms with Gasteiger partial charge in [-0.3, -0.25) is 10.2 Å². The van der Waals surface area contributed by atoms with Crippen molar-refractivity contribution < 1.29 is 14.3 Å². The van der Waals surface area contributed by atoms with Crippen LogP contribution in [0.15, 0.2) is 34.7 Å². The van der Waals surface area contributed by atoms with E-state index in [1.165, 1.54) is 23.1 Å². The Bertz CT molecular complexity index is 844. The van der Waals surface area contributed by atoms with Gasteiger partial charge in [-0.1, -0.05) is 31.7 Å². The van der Waals surface area contributed by atoms with Crippen molar-refractivity contribution in [3.05, 3.63) is 45.3 Å². The molecule has 1 aromatic heterocycles. The van der Waals surface area contributed by atoms with Crippen LogP contribution in [0.5, 0.6) is 11.5 Å². The molecule has 2 aromatic rings. The number of thioether (sulfide) groups is 1. The van der Waals surface area contributed by atoms with Crippen molar-refractivity contribution in [1.29, 1.82) is 5.41 Å².